The van der Waals surface area contributed by atoms with Gasteiger partial charge in [-0.05, 0) is 42.0 Å². The number of carbonyl (C=O) groups excluding carboxylic acids is 3. The summed E-state index contributed by atoms with van der Waals surface area (Å²) in [6.45, 7) is 0. The monoisotopic (exact) mass is 538 g/mol. The van der Waals surface area contributed by atoms with Gasteiger partial charge < -0.3 is 26.6 Å². The minimum Gasteiger partial charge on any atom is -0.387 e. The first-order valence-corrected chi connectivity index (χ1v) is 13.2. The van der Waals surface area contributed by atoms with Crippen LogP contribution in [-0.2, 0) is 16.4 Å². The van der Waals surface area contributed by atoms with Crippen molar-refractivity contribution in [3.05, 3.63) is 89.5 Å². The van der Waals surface area contributed by atoms with Gasteiger partial charge in [-0.1, -0.05) is 36.4 Å². The van der Waals surface area contributed by atoms with E-state index in [4.69, 9.17) is 0 Å². The first-order chi connectivity index (χ1) is 18.2. The average molecular weight is 539 g/mol. The number of rotatable bonds is 10. The summed E-state index contributed by atoms with van der Waals surface area (Å²) in [5, 5.41) is 13.8. The second kappa shape index (κ2) is 12.6. The van der Waals surface area contributed by atoms with Gasteiger partial charge in [0.25, 0.3) is 21.8 Å². The maximum Gasteiger partial charge on any atom is 0.328 e. The van der Waals surface area contributed by atoms with Crippen LogP contribution in [0.1, 0.15) is 26.3 Å². The van der Waals surface area contributed by atoms with E-state index < -0.39 is 34.0 Å². The highest BCUT2D eigenvalue weighted by Gasteiger charge is 2.21. The Kier molecular flexibility index (Phi) is 9.28. The number of para-hydroxylation sites is 2. The van der Waals surface area contributed by atoms with E-state index in [1.807, 2.05) is 4.72 Å². The van der Waals surface area contributed by atoms with Gasteiger partial charge in [-0.3, -0.25) is 9.59 Å². The number of carbonyl (C=O) groups is 3. The third-order valence-corrected chi connectivity index (χ3v) is 6.97. The zero-order valence-electron chi connectivity index (χ0n) is 21.2. The predicted octanol–water partition coefficient (Wildman–Crippen LogP) is 2.12. The van der Waals surface area contributed by atoms with Crippen molar-refractivity contribution in [2.75, 3.05) is 31.8 Å². The van der Waals surface area contributed by atoms with Gasteiger partial charge in [-0.2, -0.15) is 0 Å². The molecule has 0 saturated carbocycles. The van der Waals surface area contributed by atoms with Gasteiger partial charge in [0, 0.05) is 38.9 Å². The van der Waals surface area contributed by atoms with Gasteiger partial charge in [-0.25, -0.2) is 17.9 Å². The molecular weight excluding hydrogens is 508 g/mol. The molecule has 3 aromatic rings. The molecule has 0 aliphatic rings. The maximum absolute atomic E-state index is 13.1. The van der Waals surface area contributed by atoms with E-state index in [2.05, 4.69) is 26.6 Å². The molecule has 12 heteroatoms. The molecule has 0 atom stereocenters. The number of hydrogen-bond donors (Lipinski definition) is 6. The quantitative estimate of drug-likeness (QED) is 0.216. The molecule has 0 bridgehead atoms. The van der Waals surface area contributed by atoms with Crippen LogP contribution in [0, 0.1) is 0 Å². The van der Waals surface area contributed by atoms with Gasteiger partial charge in [0.2, 0.25) is 0 Å². The zero-order valence-corrected chi connectivity index (χ0v) is 22.0. The Bertz CT molecular complexity index is 1350. The van der Waals surface area contributed by atoms with E-state index in [-0.39, 0.29) is 11.3 Å². The molecule has 0 aromatic heterocycles. The van der Waals surface area contributed by atoms with Crippen LogP contribution in [0.3, 0.4) is 0 Å². The number of hydrogen-bond acceptors (Lipinski definition) is 7. The van der Waals surface area contributed by atoms with E-state index in [9.17, 15) is 22.8 Å². The fourth-order valence-electron chi connectivity index (χ4n) is 3.68. The first kappa shape index (κ1) is 28.0. The molecule has 3 aromatic carbocycles. The van der Waals surface area contributed by atoms with E-state index in [0.717, 1.165) is 0 Å². The molecule has 0 unspecified atom stereocenters. The lowest BCUT2D eigenvalue weighted by molar-refractivity contribution is 0.0885. The van der Waals surface area contributed by atoms with Gasteiger partial charge >= 0.3 is 6.03 Å². The highest BCUT2D eigenvalue weighted by molar-refractivity contribution is 7.90. The third-order valence-electron chi connectivity index (χ3n) is 5.62. The van der Waals surface area contributed by atoms with Crippen LogP contribution in [0.25, 0.3) is 0 Å². The second-order valence-corrected chi connectivity index (χ2v) is 9.81. The summed E-state index contributed by atoms with van der Waals surface area (Å²) in [5.41, 5.74) is 2.67. The number of sulfonamides is 1. The van der Waals surface area contributed by atoms with Crippen molar-refractivity contribution in [3.8, 4) is 0 Å². The molecule has 3 rings (SSSR count). The van der Waals surface area contributed by atoms with Crippen LogP contribution < -0.4 is 31.3 Å². The molecule has 6 N–H and O–H groups in total. The topological polar surface area (TPSA) is 158 Å². The molecule has 0 saturated heterocycles. The van der Waals surface area contributed by atoms with Crippen molar-refractivity contribution >= 4 is 39.2 Å². The van der Waals surface area contributed by atoms with Gasteiger partial charge in [-0.15, -0.1) is 0 Å². The van der Waals surface area contributed by atoms with Crippen molar-refractivity contribution in [2.45, 2.75) is 17.5 Å². The van der Waals surface area contributed by atoms with Crippen LogP contribution in [0.2, 0.25) is 0 Å². The highest BCUT2D eigenvalue weighted by atomic mass is 32.2. The zero-order chi connectivity index (χ0) is 27.7. The Morgan fingerprint density at radius 3 is 1.63 bits per heavy atom. The second-order valence-electron chi connectivity index (χ2n) is 8.12. The number of anilines is 2. The van der Waals surface area contributed by atoms with Crippen LogP contribution >= 0.6 is 0 Å². The van der Waals surface area contributed by atoms with Crippen molar-refractivity contribution in [2.24, 2.45) is 0 Å². The maximum atomic E-state index is 13.1. The van der Waals surface area contributed by atoms with Crippen molar-refractivity contribution in [1.29, 1.82) is 0 Å². The third kappa shape index (κ3) is 7.01. The lowest BCUT2D eigenvalue weighted by Crippen LogP contribution is -2.49. The molecule has 0 spiro atoms. The Morgan fingerprint density at radius 2 is 1.18 bits per heavy atom. The van der Waals surface area contributed by atoms with Crippen LogP contribution in [0.5, 0.6) is 0 Å². The summed E-state index contributed by atoms with van der Waals surface area (Å²) in [6.07, 6.45) is -0.680. The number of amides is 4. The average Bonchev–Trinajstić information content (AvgIpc) is 2.92. The predicted molar refractivity (Wildman–Crippen MR) is 146 cm³/mol. The molecule has 38 heavy (non-hydrogen) atoms. The van der Waals surface area contributed by atoms with Crippen LogP contribution in [0.15, 0.2) is 77.7 Å². The summed E-state index contributed by atoms with van der Waals surface area (Å²) in [5.74, 6) is -0.813. The molecular formula is C26H30N6O5S. The van der Waals surface area contributed by atoms with Crippen molar-refractivity contribution in [1.82, 2.24) is 20.7 Å². The van der Waals surface area contributed by atoms with Crippen LogP contribution in [-0.4, -0.2) is 53.6 Å². The van der Waals surface area contributed by atoms with Crippen LogP contribution in [0.4, 0.5) is 16.2 Å². The molecule has 4 amide bonds. The Morgan fingerprint density at radius 1 is 0.711 bits per heavy atom. The number of urea groups is 1. The summed E-state index contributed by atoms with van der Waals surface area (Å²) in [4.78, 5) is 37.6. The van der Waals surface area contributed by atoms with Gasteiger partial charge in [0.05, 0.1) is 16.0 Å². The van der Waals surface area contributed by atoms with E-state index in [0.29, 0.717) is 28.1 Å². The van der Waals surface area contributed by atoms with E-state index in [1.165, 1.54) is 19.2 Å². The van der Waals surface area contributed by atoms with Crippen molar-refractivity contribution in [3.63, 3.8) is 0 Å². The van der Waals surface area contributed by atoms with Gasteiger partial charge in [0.1, 0.15) is 6.17 Å². The SMILES string of the molecule is CNC(=O)NS(=O)(=O)c1ccc(CC(NC(=O)c2ccccc2NC)NC(=O)c2ccccc2NC)cc1. The molecule has 0 radical (unpaired) electrons. The molecule has 200 valence electrons. The van der Waals surface area contributed by atoms with E-state index in [1.54, 1.807) is 74.8 Å². The molecule has 0 aliphatic carbocycles. The lowest BCUT2D eigenvalue weighted by Gasteiger charge is -2.22. The van der Waals surface area contributed by atoms with E-state index >= 15 is 0 Å². The highest BCUT2D eigenvalue weighted by Crippen LogP contribution is 2.17. The molecule has 11 nitrogen and oxygen atoms in total. The number of benzene rings is 3. The molecule has 0 fully saturated rings. The largest absolute Gasteiger partial charge is 0.387 e. The fraction of sp³-hybridized carbons (Fsp3) is 0.192. The number of nitrogens with one attached hydrogen (secondary N) is 6. The fourth-order valence-corrected chi connectivity index (χ4v) is 4.64. The minimum atomic E-state index is -4.06. The van der Waals surface area contributed by atoms with Gasteiger partial charge in [0.15, 0.2) is 0 Å². The molecule has 0 heterocycles. The first-order valence-electron chi connectivity index (χ1n) is 11.7. The summed E-state index contributed by atoms with van der Waals surface area (Å²) in [7, 11) is 0.654. The smallest absolute Gasteiger partial charge is 0.328 e. The minimum absolute atomic E-state index is 0.111. The molecule has 0 aliphatic heterocycles. The normalized spacial score (nSPS) is 10.8. The standard InChI is InChI=1S/C26H30N6O5S/c1-27-21-10-6-4-8-19(21)24(33)30-23(31-25(34)20-9-5-7-11-22(20)28-2)16-17-12-14-18(15-13-17)38(36,37)32-26(35)29-3/h4-15,23,27-28H,16H2,1-3H3,(H,30,33)(H,31,34)(H2,29,32,35). The Hall–Kier alpha value is -4.58. The Labute approximate surface area is 221 Å². The summed E-state index contributed by atoms with van der Waals surface area (Å²) in [6, 6.07) is 18.8. The summed E-state index contributed by atoms with van der Waals surface area (Å²) >= 11 is 0. The lowest BCUT2D eigenvalue weighted by atomic mass is 10.1. The van der Waals surface area contributed by atoms with Crippen molar-refractivity contribution < 1.29 is 22.8 Å². The Balaban J connectivity index is 1.86. The summed E-state index contributed by atoms with van der Waals surface area (Å²) < 4.78 is 26.6.